The topological polar surface area (TPSA) is 90.4 Å². The number of urea groups is 1. The molecule has 2 heterocycles. The molecule has 2 aromatic carbocycles. The van der Waals surface area contributed by atoms with Gasteiger partial charge in [-0.25, -0.2) is 23.2 Å². The lowest BCUT2D eigenvalue weighted by Gasteiger charge is -2.55. The van der Waals surface area contributed by atoms with E-state index >= 15 is 0 Å². The monoisotopic (exact) mass is 511 g/mol. The molecule has 37 heavy (non-hydrogen) atoms. The van der Waals surface area contributed by atoms with E-state index < -0.39 is 41.8 Å². The van der Waals surface area contributed by atoms with Crippen LogP contribution in [0.4, 0.5) is 24.1 Å². The molecule has 10 heteroatoms. The molecule has 6 rings (SSSR count). The maximum Gasteiger partial charge on any atom is 0.414 e. The molecule has 4 aliphatic rings. The summed E-state index contributed by atoms with van der Waals surface area (Å²) in [5.41, 5.74) is 1.35. The Hall–Kier alpha value is -3.69. The summed E-state index contributed by atoms with van der Waals surface area (Å²) in [6.45, 7) is 0.372. The molecular formula is C27H27F2N3O5. The summed E-state index contributed by atoms with van der Waals surface area (Å²) in [7, 11) is 0. The third-order valence-electron chi connectivity index (χ3n) is 8.09. The number of halogens is 2. The Labute approximate surface area is 212 Å². The van der Waals surface area contributed by atoms with Crippen LogP contribution in [0.25, 0.3) is 0 Å². The second kappa shape index (κ2) is 9.00. The smallest absolute Gasteiger partial charge is 0.414 e. The van der Waals surface area contributed by atoms with Gasteiger partial charge in [0.2, 0.25) is 0 Å². The van der Waals surface area contributed by atoms with E-state index in [1.54, 1.807) is 4.90 Å². The van der Waals surface area contributed by atoms with Gasteiger partial charge >= 0.3 is 18.1 Å². The fraction of sp³-hybridized carbons (Fsp3) is 0.444. The Morgan fingerprint density at radius 2 is 1.73 bits per heavy atom. The van der Waals surface area contributed by atoms with Gasteiger partial charge in [0.05, 0.1) is 11.7 Å². The van der Waals surface area contributed by atoms with Gasteiger partial charge in [-0.2, -0.15) is 0 Å². The maximum atomic E-state index is 14.6. The van der Waals surface area contributed by atoms with Crippen molar-refractivity contribution in [3.8, 4) is 0 Å². The van der Waals surface area contributed by atoms with Gasteiger partial charge < -0.3 is 19.6 Å². The first-order valence-corrected chi connectivity index (χ1v) is 12.7. The number of likely N-dealkylation sites (tertiary alicyclic amines) is 1. The Morgan fingerprint density at radius 1 is 1.00 bits per heavy atom. The lowest BCUT2D eigenvalue weighted by atomic mass is 9.68. The zero-order chi connectivity index (χ0) is 25.8. The SMILES string of the molecule is O=C(O)C1CCN1C(=O)N(C1CC1)C1c2cc(F)c(F)cc2N(C(=O)OCc2ccccc2)C2CCC21. The van der Waals surface area contributed by atoms with Crippen LogP contribution in [0.5, 0.6) is 0 Å². The van der Waals surface area contributed by atoms with Gasteiger partial charge in [-0.3, -0.25) is 4.90 Å². The van der Waals surface area contributed by atoms with Gasteiger partial charge in [0.1, 0.15) is 12.6 Å². The number of ether oxygens (including phenoxy) is 1. The highest BCUT2D eigenvalue weighted by Crippen LogP contribution is 2.55. The molecule has 2 saturated carbocycles. The van der Waals surface area contributed by atoms with Crippen LogP contribution >= 0.6 is 0 Å². The first kappa shape index (κ1) is 23.7. The predicted octanol–water partition coefficient (Wildman–Crippen LogP) is 4.68. The fourth-order valence-electron chi connectivity index (χ4n) is 5.86. The normalized spacial score (nSPS) is 25.8. The molecule has 1 saturated heterocycles. The summed E-state index contributed by atoms with van der Waals surface area (Å²) in [6.07, 6.45) is 2.57. The van der Waals surface area contributed by atoms with Gasteiger partial charge in [0.15, 0.2) is 11.6 Å². The largest absolute Gasteiger partial charge is 0.480 e. The zero-order valence-electron chi connectivity index (χ0n) is 20.1. The number of hydrogen-bond donors (Lipinski definition) is 1. The van der Waals surface area contributed by atoms with E-state index in [1.165, 1.54) is 9.80 Å². The van der Waals surface area contributed by atoms with Crippen LogP contribution in [0.2, 0.25) is 0 Å². The molecule has 0 aromatic heterocycles. The molecule has 0 radical (unpaired) electrons. The fourth-order valence-corrected chi connectivity index (χ4v) is 5.86. The van der Waals surface area contributed by atoms with Crippen molar-refractivity contribution in [3.05, 3.63) is 65.2 Å². The number of aliphatic carboxylic acids is 1. The molecule has 0 spiro atoms. The van der Waals surface area contributed by atoms with Crippen LogP contribution in [-0.4, -0.2) is 57.7 Å². The van der Waals surface area contributed by atoms with Gasteiger partial charge in [-0.1, -0.05) is 30.3 Å². The van der Waals surface area contributed by atoms with Crippen molar-refractivity contribution in [1.82, 2.24) is 9.80 Å². The maximum absolute atomic E-state index is 14.6. The summed E-state index contributed by atoms with van der Waals surface area (Å²) in [5.74, 6) is -3.40. The first-order valence-electron chi connectivity index (χ1n) is 12.7. The second-order valence-electron chi connectivity index (χ2n) is 10.2. The van der Waals surface area contributed by atoms with E-state index in [0.29, 0.717) is 31.4 Å². The molecule has 4 unspecified atom stereocenters. The zero-order valence-corrected chi connectivity index (χ0v) is 20.1. The Bertz CT molecular complexity index is 1250. The highest BCUT2D eigenvalue weighted by atomic mass is 19.2. The Kier molecular flexibility index (Phi) is 5.77. The van der Waals surface area contributed by atoms with Crippen molar-refractivity contribution in [2.45, 2.75) is 62.9 Å². The number of carbonyl (C=O) groups excluding carboxylic acids is 2. The van der Waals surface area contributed by atoms with E-state index in [9.17, 15) is 28.3 Å². The highest BCUT2D eigenvalue weighted by Gasteiger charge is 2.56. The average molecular weight is 512 g/mol. The molecule has 2 aliphatic heterocycles. The van der Waals surface area contributed by atoms with Crippen LogP contribution in [0, 0.1) is 17.6 Å². The number of hydrogen-bond acceptors (Lipinski definition) is 4. The third-order valence-corrected chi connectivity index (χ3v) is 8.09. The predicted molar refractivity (Wildman–Crippen MR) is 128 cm³/mol. The van der Waals surface area contributed by atoms with Crippen molar-refractivity contribution < 1.29 is 33.0 Å². The van der Waals surface area contributed by atoms with Crippen molar-refractivity contribution >= 4 is 23.8 Å². The van der Waals surface area contributed by atoms with Crippen LogP contribution in [0.15, 0.2) is 42.5 Å². The molecule has 3 fully saturated rings. The van der Waals surface area contributed by atoms with Crippen molar-refractivity contribution in [1.29, 1.82) is 0 Å². The number of nitrogens with zero attached hydrogens (tertiary/aromatic N) is 3. The summed E-state index contributed by atoms with van der Waals surface area (Å²) in [4.78, 5) is 43.0. The van der Waals surface area contributed by atoms with E-state index in [4.69, 9.17) is 4.74 Å². The van der Waals surface area contributed by atoms with Crippen molar-refractivity contribution in [2.75, 3.05) is 11.4 Å². The van der Waals surface area contributed by atoms with Gasteiger partial charge in [-0.15, -0.1) is 0 Å². The first-order chi connectivity index (χ1) is 17.8. The molecule has 2 aromatic rings. The van der Waals surface area contributed by atoms with E-state index in [2.05, 4.69) is 0 Å². The lowest BCUT2D eigenvalue weighted by Crippen LogP contribution is -2.63. The number of fused-ring (bicyclic) bond motifs is 2. The number of rotatable bonds is 5. The Balaban J connectivity index is 1.35. The van der Waals surface area contributed by atoms with Gasteiger partial charge in [0.25, 0.3) is 0 Å². The van der Waals surface area contributed by atoms with Crippen LogP contribution in [-0.2, 0) is 16.1 Å². The van der Waals surface area contributed by atoms with E-state index in [1.807, 2.05) is 30.3 Å². The highest BCUT2D eigenvalue weighted by molar-refractivity contribution is 5.91. The van der Waals surface area contributed by atoms with Crippen molar-refractivity contribution in [2.24, 2.45) is 5.92 Å². The number of carboxylic acid groups (broad SMARTS) is 1. The number of benzene rings is 2. The van der Waals surface area contributed by atoms with Gasteiger partial charge in [0, 0.05) is 36.2 Å². The molecule has 3 amide bonds. The van der Waals surface area contributed by atoms with E-state index in [0.717, 1.165) is 30.5 Å². The minimum Gasteiger partial charge on any atom is -0.480 e. The van der Waals surface area contributed by atoms with Crippen LogP contribution in [0.3, 0.4) is 0 Å². The lowest BCUT2D eigenvalue weighted by molar-refractivity contribution is -0.146. The minimum atomic E-state index is -1.09. The molecule has 2 aliphatic carbocycles. The molecule has 194 valence electrons. The summed E-state index contributed by atoms with van der Waals surface area (Å²) < 4.78 is 34.7. The quantitative estimate of drug-likeness (QED) is 0.629. The number of anilines is 1. The number of carboxylic acids is 1. The summed E-state index contributed by atoms with van der Waals surface area (Å²) in [6, 6.07) is 8.95. The number of amides is 3. The van der Waals surface area contributed by atoms with E-state index in [-0.39, 0.29) is 30.3 Å². The second-order valence-corrected chi connectivity index (χ2v) is 10.2. The summed E-state index contributed by atoms with van der Waals surface area (Å²) >= 11 is 0. The van der Waals surface area contributed by atoms with Crippen molar-refractivity contribution in [3.63, 3.8) is 0 Å². The molecule has 1 N–H and O–H groups in total. The van der Waals surface area contributed by atoms with Gasteiger partial charge in [-0.05, 0) is 43.7 Å². The minimum absolute atomic E-state index is 0.0359. The number of carbonyl (C=O) groups is 3. The van der Waals surface area contributed by atoms with Crippen LogP contribution in [0.1, 0.15) is 49.3 Å². The molecule has 8 nitrogen and oxygen atoms in total. The average Bonchev–Trinajstić information content (AvgIpc) is 3.65. The summed E-state index contributed by atoms with van der Waals surface area (Å²) in [5, 5.41) is 9.50. The molecular weight excluding hydrogens is 484 g/mol. The molecule has 4 atom stereocenters. The molecule has 0 bridgehead atoms. The third kappa shape index (κ3) is 3.98. The standard InChI is InChI=1S/C27H27F2N3O5/c28-19-12-18-23(13-20(19)29)32(27(36)37-14-15-4-2-1-3-5-15)21-9-8-17(21)24(18)31(16-6-7-16)26(35)30-11-10-22(30)25(33)34/h1-5,12-13,16-17,21-22,24H,6-11,14H2,(H,33,34). The Morgan fingerprint density at radius 3 is 2.32 bits per heavy atom. The van der Waals surface area contributed by atoms with Crippen LogP contribution < -0.4 is 4.90 Å².